The molecule has 0 aliphatic rings. The number of rotatable bonds is 2. The Morgan fingerprint density at radius 3 is 2.52 bits per heavy atom. The quantitative estimate of drug-likeness (QED) is 0.616. The number of fused-ring (bicyclic) bond motifs is 1. The van der Waals surface area contributed by atoms with Gasteiger partial charge in [0.2, 0.25) is 0 Å². The Kier molecular flexibility index (Phi) is 4.68. The maximum absolute atomic E-state index is 15.2. The van der Waals surface area contributed by atoms with E-state index in [1.165, 1.54) is 19.2 Å². The van der Waals surface area contributed by atoms with Crippen LogP contribution < -0.4 is 5.43 Å². The van der Waals surface area contributed by atoms with Crippen LogP contribution in [0, 0.1) is 12.7 Å². The van der Waals surface area contributed by atoms with Crippen molar-refractivity contribution in [2.75, 3.05) is 0 Å². The fourth-order valence-corrected chi connectivity index (χ4v) is 3.66. The highest BCUT2D eigenvalue weighted by molar-refractivity contribution is 6.32. The molecule has 0 atom stereocenters. The van der Waals surface area contributed by atoms with Crippen LogP contribution in [0.15, 0.2) is 29.2 Å². The maximum atomic E-state index is 15.2. The number of pyridine rings is 2. The first-order chi connectivity index (χ1) is 12.5. The molecule has 27 heavy (non-hydrogen) atoms. The summed E-state index contributed by atoms with van der Waals surface area (Å²) >= 11 is 6.31. The number of nitrogens with one attached hydrogen (secondary N) is 1. The second-order valence-corrected chi connectivity index (χ2v) is 8.06. The highest BCUT2D eigenvalue weighted by Crippen LogP contribution is 2.38. The summed E-state index contributed by atoms with van der Waals surface area (Å²) in [7, 11) is 0. The molecule has 2 aromatic heterocycles. The van der Waals surface area contributed by atoms with Gasteiger partial charge in [-0.15, -0.1) is 0 Å². The Balaban J connectivity index is 2.33. The van der Waals surface area contributed by atoms with Gasteiger partial charge in [0.1, 0.15) is 5.69 Å². The lowest BCUT2D eigenvalue weighted by molar-refractivity contribution is 0.101. The largest absolute Gasteiger partial charge is 0.354 e. The van der Waals surface area contributed by atoms with Gasteiger partial charge in [-0.1, -0.05) is 38.4 Å². The number of H-pyrrole nitrogens is 1. The number of hydrogen-bond acceptors (Lipinski definition) is 3. The summed E-state index contributed by atoms with van der Waals surface area (Å²) in [6.45, 7) is 9.01. The lowest BCUT2D eigenvalue weighted by atomic mass is 9.84. The van der Waals surface area contributed by atoms with Gasteiger partial charge in [0.25, 0.3) is 0 Å². The number of benzene rings is 1. The van der Waals surface area contributed by atoms with E-state index in [1.54, 1.807) is 13.0 Å². The monoisotopic (exact) mass is 386 g/mol. The minimum absolute atomic E-state index is 0.0446. The maximum Gasteiger partial charge on any atom is 0.192 e. The molecule has 6 heteroatoms. The van der Waals surface area contributed by atoms with Crippen LogP contribution in [0.1, 0.15) is 49.3 Å². The van der Waals surface area contributed by atoms with E-state index in [0.29, 0.717) is 22.3 Å². The molecule has 0 saturated heterocycles. The van der Waals surface area contributed by atoms with Crippen molar-refractivity contribution in [1.82, 2.24) is 9.97 Å². The van der Waals surface area contributed by atoms with Crippen LogP contribution in [0.3, 0.4) is 0 Å². The number of nitrogens with zero attached hydrogens (tertiary/aromatic N) is 1. The second kappa shape index (κ2) is 6.57. The first kappa shape index (κ1) is 19.2. The van der Waals surface area contributed by atoms with Crippen LogP contribution in [0.2, 0.25) is 5.02 Å². The van der Waals surface area contributed by atoms with Gasteiger partial charge < -0.3 is 4.98 Å². The minimum atomic E-state index is -0.572. The van der Waals surface area contributed by atoms with Crippen molar-refractivity contribution in [2.24, 2.45) is 0 Å². The molecule has 0 amide bonds. The van der Waals surface area contributed by atoms with E-state index in [4.69, 9.17) is 11.6 Å². The number of aromatic amines is 1. The third-order valence-corrected chi connectivity index (χ3v) is 4.93. The molecule has 0 bridgehead atoms. The molecule has 0 aliphatic heterocycles. The molecule has 140 valence electrons. The van der Waals surface area contributed by atoms with E-state index in [1.807, 2.05) is 26.8 Å². The Hall–Kier alpha value is -2.53. The van der Waals surface area contributed by atoms with Crippen molar-refractivity contribution in [3.63, 3.8) is 0 Å². The van der Waals surface area contributed by atoms with Crippen LogP contribution in [0.25, 0.3) is 22.2 Å². The van der Waals surface area contributed by atoms with Crippen LogP contribution in [0.4, 0.5) is 4.39 Å². The van der Waals surface area contributed by atoms with Crippen molar-refractivity contribution in [3.05, 3.63) is 62.3 Å². The van der Waals surface area contributed by atoms with E-state index in [0.717, 1.165) is 0 Å². The number of ketones is 1. The number of halogens is 2. The molecule has 0 saturated carbocycles. The van der Waals surface area contributed by atoms with E-state index in [2.05, 4.69) is 9.97 Å². The van der Waals surface area contributed by atoms with E-state index in [9.17, 15) is 9.59 Å². The summed E-state index contributed by atoms with van der Waals surface area (Å²) in [6, 6.07) is 4.72. The normalized spacial score (nSPS) is 11.8. The van der Waals surface area contributed by atoms with Crippen molar-refractivity contribution >= 4 is 28.3 Å². The number of carbonyl (C=O) groups is 1. The number of carbonyl (C=O) groups excluding carboxylic acids is 1. The Labute approximate surface area is 161 Å². The van der Waals surface area contributed by atoms with Gasteiger partial charge in [0.15, 0.2) is 17.0 Å². The standard InChI is InChI=1S/C21H20ClFN2O2/c1-10-8-12(21(3,4)5)18(22)19(23)16(10)14-9-15(27)17-13(25-14)6-7-24-20(17)11(2)26/h6-9H,1-5H3,(H,25,27). The number of aryl methyl sites for hydroxylation is 1. The minimum Gasteiger partial charge on any atom is -0.354 e. The fraction of sp³-hybridized carbons (Fsp3) is 0.286. The van der Waals surface area contributed by atoms with Crippen LogP contribution in [0.5, 0.6) is 0 Å². The predicted molar refractivity (Wildman–Crippen MR) is 106 cm³/mol. The van der Waals surface area contributed by atoms with Gasteiger partial charge in [-0.25, -0.2) is 4.39 Å². The van der Waals surface area contributed by atoms with E-state index in [-0.39, 0.29) is 32.9 Å². The Morgan fingerprint density at radius 1 is 1.26 bits per heavy atom. The van der Waals surface area contributed by atoms with Gasteiger partial charge in [0, 0.05) is 24.8 Å². The zero-order chi connectivity index (χ0) is 20.1. The molecule has 4 nitrogen and oxygen atoms in total. The summed E-state index contributed by atoms with van der Waals surface area (Å²) in [5.41, 5.74) is 1.73. The summed E-state index contributed by atoms with van der Waals surface area (Å²) in [4.78, 5) is 31.5. The van der Waals surface area contributed by atoms with Gasteiger partial charge in [-0.05, 0) is 29.5 Å². The smallest absolute Gasteiger partial charge is 0.192 e. The van der Waals surface area contributed by atoms with E-state index >= 15 is 4.39 Å². The zero-order valence-corrected chi connectivity index (χ0v) is 16.6. The molecule has 2 heterocycles. The van der Waals surface area contributed by atoms with Crippen molar-refractivity contribution in [1.29, 1.82) is 0 Å². The first-order valence-electron chi connectivity index (χ1n) is 8.54. The molecule has 0 unspecified atom stereocenters. The van der Waals surface area contributed by atoms with Gasteiger partial charge >= 0.3 is 0 Å². The van der Waals surface area contributed by atoms with Crippen molar-refractivity contribution in [3.8, 4) is 11.3 Å². The van der Waals surface area contributed by atoms with Crippen LogP contribution in [-0.2, 0) is 5.41 Å². The molecule has 0 spiro atoms. The average Bonchev–Trinajstić information content (AvgIpc) is 2.56. The fourth-order valence-electron chi connectivity index (χ4n) is 3.23. The molecule has 0 radical (unpaired) electrons. The SMILES string of the molecule is CC(=O)c1nccc2[nH]c(-c3c(C)cc(C(C)(C)C)c(Cl)c3F)cc(=O)c12. The number of aromatic nitrogens is 2. The Morgan fingerprint density at radius 2 is 1.93 bits per heavy atom. The molecule has 1 aromatic carbocycles. The number of hydrogen-bond donors (Lipinski definition) is 1. The third-order valence-electron chi connectivity index (χ3n) is 4.56. The average molecular weight is 387 g/mol. The highest BCUT2D eigenvalue weighted by Gasteiger charge is 2.24. The topological polar surface area (TPSA) is 62.8 Å². The molecule has 0 aliphatic carbocycles. The van der Waals surface area contributed by atoms with Crippen molar-refractivity contribution < 1.29 is 9.18 Å². The third kappa shape index (κ3) is 3.28. The zero-order valence-electron chi connectivity index (χ0n) is 15.8. The lowest BCUT2D eigenvalue weighted by Gasteiger charge is -2.23. The molecular weight excluding hydrogens is 367 g/mol. The lowest BCUT2D eigenvalue weighted by Crippen LogP contribution is -2.14. The molecule has 0 fully saturated rings. The molecule has 3 rings (SSSR count). The number of Topliss-reactive ketones (excluding diaryl/α,β-unsaturated/α-hetero) is 1. The second-order valence-electron chi connectivity index (χ2n) is 7.68. The highest BCUT2D eigenvalue weighted by atomic mass is 35.5. The summed E-state index contributed by atoms with van der Waals surface area (Å²) in [5, 5.41) is 0.243. The van der Waals surface area contributed by atoms with Gasteiger partial charge in [-0.2, -0.15) is 0 Å². The molecule has 1 N–H and O–H groups in total. The Bertz CT molecular complexity index is 1140. The predicted octanol–water partition coefficient (Wildman–Crippen LogP) is 5.19. The van der Waals surface area contributed by atoms with E-state index < -0.39 is 11.2 Å². The summed E-state index contributed by atoms with van der Waals surface area (Å²) in [5.74, 6) is -0.878. The summed E-state index contributed by atoms with van der Waals surface area (Å²) < 4.78 is 15.2. The van der Waals surface area contributed by atoms with Crippen LogP contribution >= 0.6 is 11.6 Å². The first-order valence-corrected chi connectivity index (χ1v) is 8.92. The van der Waals surface area contributed by atoms with Crippen molar-refractivity contribution in [2.45, 2.75) is 40.0 Å². The van der Waals surface area contributed by atoms with Crippen LogP contribution in [-0.4, -0.2) is 15.8 Å². The van der Waals surface area contributed by atoms with Gasteiger partial charge in [-0.3, -0.25) is 14.6 Å². The molecular formula is C21H20ClFN2O2. The molecule has 3 aromatic rings. The van der Waals surface area contributed by atoms with Gasteiger partial charge in [0.05, 0.1) is 21.6 Å². The summed E-state index contributed by atoms with van der Waals surface area (Å²) in [6.07, 6.45) is 1.44.